The van der Waals surface area contributed by atoms with Crippen molar-refractivity contribution in [1.82, 2.24) is 9.29 Å². The molecule has 2 aromatic carbocycles. The molecule has 0 bridgehead atoms. The Bertz CT molecular complexity index is 1120. The van der Waals surface area contributed by atoms with Crippen molar-refractivity contribution in [3.63, 3.8) is 0 Å². The van der Waals surface area contributed by atoms with Crippen molar-refractivity contribution in [2.24, 2.45) is 0 Å². The highest BCUT2D eigenvalue weighted by Gasteiger charge is 2.33. The smallest absolute Gasteiger partial charge is 0.355 e. The molecule has 1 aliphatic rings. The van der Waals surface area contributed by atoms with Crippen LogP contribution in [0.2, 0.25) is 0 Å². The summed E-state index contributed by atoms with van der Waals surface area (Å²) in [5.41, 5.74) is -0.554. The van der Waals surface area contributed by atoms with Crippen LogP contribution in [0.15, 0.2) is 59.5 Å². The van der Waals surface area contributed by atoms with Gasteiger partial charge < -0.3 is 10.2 Å². The van der Waals surface area contributed by atoms with E-state index < -0.39 is 21.8 Å². The van der Waals surface area contributed by atoms with E-state index in [1.165, 1.54) is 6.07 Å². The van der Waals surface area contributed by atoms with Gasteiger partial charge >= 0.3 is 6.18 Å². The molecule has 3 aromatic rings. The Morgan fingerprint density at radius 1 is 0.929 bits per heavy atom. The van der Waals surface area contributed by atoms with Crippen LogP contribution in [0.5, 0.6) is 0 Å². The molecule has 28 heavy (non-hydrogen) atoms. The minimum atomic E-state index is -4.62. The number of hydrogen-bond donors (Lipinski definition) is 1. The maximum Gasteiger partial charge on any atom is 0.416 e. The normalized spacial score (nSPS) is 15.9. The van der Waals surface area contributed by atoms with E-state index in [0.29, 0.717) is 49.0 Å². The molecular weight excluding hydrogens is 391 g/mol. The minimum absolute atomic E-state index is 0.389. The third kappa shape index (κ3) is 3.24. The average Bonchev–Trinajstić information content (AvgIpc) is 3.08. The highest BCUT2D eigenvalue weighted by Crippen LogP contribution is 2.34. The van der Waals surface area contributed by atoms with E-state index in [9.17, 15) is 21.6 Å². The lowest BCUT2D eigenvalue weighted by molar-refractivity contribution is -0.137. The van der Waals surface area contributed by atoms with Gasteiger partial charge in [-0.15, -0.1) is 0 Å². The summed E-state index contributed by atoms with van der Waals surface area (Å²) in [6.07, 6.45) is -4.62. The maximum absolute atomic E-state index is 13.4. The summed E-state index contributed by atoms with van der Waals surface area (Å²) < 4.78 is 67.3. The number of rotatable bonds is 3. The summed E-state index contributed by atoms with van der Waals surface area (Å²) >= 11 is 0. The second kappa shape index (κ2) is 6.82. The minimum Gasteiger partial charge on any atom is -0.355 e. The summed E-state index contributed by atoms with van der Waals surface area (Å²) in [6, 6.07) is 12.6. The second-order valence-corrected chi connectivity index (χ2v) is 8.38. The standard InChI is InChI=1S/C19H18F3N3O2S/c20-19(21,22)15-5-3-6-16(13-15)28(26,27)25-17-7-2-1-4-14(17)12-18(25)24-10-8-23-9-11-24/h1-7,12-13,23H,8-11H2. The molecule has 0 radical (unpaired) electrons. The largest absolute Gasteiger partial charge is 0.416 e. The summed E-state index contributed by atoms with van der Waals surface area (Å²) in [5, 5.41) is 3.92. The highest BCUT2D eigenvalue weighted by atomic mass is 32.2. The molecule has 0 spiro atoms. The zero-order valence-electron chi connectivity index (χ0n) is 14.8. The molecule has 1 N–H and O–H groups in total. The fourth-order valence-corrected chi connectivity index (χ4v) is 5.00. The topological polar surface area (TPSA) is 54.3 Å². The fraction of sp³-hybridized carbons (Fsp3) is 0.263. The first-order valence-corrected chi connectivity index (χ1v) is 10.2. The number of alkyl halides is 3. The molecule has 9 heteroatoms. The molecule has 5 nitrogen and oxygen atoms in total. The second-order valence-electron chi connectivity index (χ2n) is 6.59. The Hall–Kier alpha value is -2.52. The van der Waals surface area contributed by atoms with Crippen LogP contribution in [-0.2, 0) is 16.2 Å². The van der Waals surface area contributed by atoms with E-state index in [0.717, 1.165) is 16.1 Å². The first kappa shape index (κ1) is 18.8. The van der Waals surface area contributed by atoms with Crippen LogP contribution < -0.4 is 10.2 Å². The van der Waals surface area contributed by atoms with Crippen molar-refractivity contribution >= 4 is 26.7 Å². The number of piperazine rings is 1. The first-order valence-electron chi connectivity index (χ1n) is 8.77. The first-order chi connectivity index (χ1) is 13.3. The monoisotopic (exact) mass is 409 g/mol. The van der Waals surface area contributed by atoms with E-state index in [1.807, 2.05) is 4.90 Å². The van der Waals surface area contributed by atoms with Crippen molar-refractivity contribution in [3.8, 4) is 0 Å². The van der Waals surface area contributed by atoms with Crippen molar-refractivity contribution in [2.45, 2.75) is 11.1 Å². The zero-order chi connectivity index (χ0) is 19.9. The van der Waals surface area contributed by atoms with Gasteiger partial charge in [-0.05, 0) is 30.3 Å². The molecule has 0 amide bonds. The number of benzene rings is 2. The quantitative estimate of drug-likeness (QED) is 0.721. The molecule has 4 rings (SSSR count). The van der Waals surface area contributed by atoms with Crippen LogP contribution >= 0.6 is 0 Å². The van der Waals surface area contributed by atoms with Gasteiger partial charge in [0.2, 0.25) is 0 Å². The summed E-state index contributed by atoms with van der Waals surface area (Å²) in [6.45, 7) is 2.61. The molecule has 1 fully saturated rings. The van der Waals surface area contributed by atoms with Crippen molar-refractivity contribution in [3.05, 3.63) is 60.2 Å². The molecule has 0 unspecified atom stereocenters. The molecule has 1 aromatic heterocycles. The van der Waals surface area contributed by atoms with Gasteiger partial charge in [0.05, 0.1) is 16.0 Å². The molecule has 2 heterocycles. The third-order valence-corrected chi connectivity index (χ3v) is 6.50. The number of para-hydroxylation sites is 1. The Kier molecular flexibility index (Phi) is 4.59. The summed E-state index contributed by atoms with van der Waals surface area (Å²) in [7, 11) is -4.23. The van der Waals surface area contributed by atoms with Crippen LogP contribution in [0.3, 0.4) is 0 Å². The van der Waals surface area contributed by atoms with Crippen LogP contribution in [0, 0.1) is 0 Å². The molecule has 1 aliphatic heterocycles. The van der Waals surface area contributed by atoms with E-state index >= 15 is 0 Å². The third-order valence-electron chi connectivity index (χ3n) is 4.79. The van der Waals surface area contributed by atoms with Gasteiger partial charge in [0.1, 0.15) is 5.82 Å². The van der Waals surface area contributed by atoms with Gasteiger partial charge in [-0.3, -0.25) is 0 Å². The number of nitrogens with one attached hydrogen (secondary N) is 1. The van der Waals surface area contributed by atoms with Gasteiger partial charge in [0.25, 0.3) is 10.0 Å². The van der Waals surface area contributed by atoms with Crippen molar-refractivity contribution in [1.29, 1.82) is 0 Å². The zero-order valence-corrected chi connectivity index (χ0v) is 15.6. The number of nitrogens with zero attached hydrogens (tertiary/aromatic N) is 2. The van der Waals surface area contributed by atoms with Gasteiger partial charge in [-0.2, -0.15) is 13.2 Å². The van der Waals surface area contributed by atoms with E-state index in [1.54, 1.807) is 30.3 Å². The fourth-order valence-electron chi connectivity index (χ4n) is 3.42. The molecule has 0 aliphatic carbocycles. The van der Waals surface area contributed by atoms with Crippen molar-refractivity contribution < 1.29 is 21.6 Å². The molecule has 0 atom stereocenters. The highest BCUT2D eigenvalue weighted by molar-refractivity contribution is 7.90. The van der Waals surface area contributed by atoms with Gasteiger partial charge in [-0.1, -0.05) is 24.3 Å². The van der Waals surface area contributed by atoms with Crippen LogP contribution in [0.4, 0.5) is 19.0 Å². The lowest BCUT2D eigenvalue weighted by atomic mass is 10.2. The van der Waals surface area contributed by atoms with E-state index in [-0.39, 0.29) is 4.90 Å². The molecule has 1 saturated heterocycles. The van der Waals surface area contributed by atoms with Crippen LogP contribution in [0.1, 0.15) is 5.56 Å². The lowest BCUT2D eigenvalue weighted by Gasteiger charge is -2.30. The Morgan fingerprint density at radius 2 is 1.64 bits per heavy atom. The predicted octanol–water partition coefficient (Wildman–Crippen LogP) is 3.31. The Morgan fingerprint density at radius 3 is 2.36 bits per heavy atom. The Balaban J connectivity index is 1.92. The van der Waals surface area contributed by atoms with Gasteiger partial charge in [0.15, 0.2) is 0 Å². The number of anilines is 1. The number of aromatic nitrogens is 1. The average molecular weight is 409 g/mol. The lowest BCUT2D eigenvalue weighted by Crippen LogP contribution is -2.44. The predicted molar refractivity (Wildman–Crippen MR) is 101 cm³/mol. The number of halogens is 3. The summed E-state index contributed by atoms with van der Waals surface area (Å²) in [5.74, 6) is 0.458. The van der Waals surface area contributed by atoms with E-state index in [4.69, 9.17) is 0 Å². The molecule has 148 valence electrons. The van der Waals surface area contributed by atoms with Crippen LogP contribution in [0.25, 0.3) is 10.9 Å². The van der Waals surface area contributed by atoms with Crippen molar-refractivity contribution in [2.75, 3.05) is 31.1 Å². The SMILES string of the molecule is O=S(=O)(c1cccc(C(F)(F)F)c1)n1c(N2CCNCC2)cc2ccccc21. The van der Waals surface area contributed by atoms with Gasteiger partial charge in [-0.25, -0.2) is 12.4 Å². The van der Waals surface area contributed by atoms with Crippen LogP contribution in [-0.4, -0.2) is 38.6 Å². The van der Waals surface area contributed by atoms with Gasteiger partial charge in [0, 0.05) is 31.6 Å². The Labute approximate surface area is 160 Å². The van der Waals surface area contributed by atoms with E-state index in [2.05, 4.69) is 5.32 Å². The summed E-state index contributed by atoms with van der Waals surface area (Å²) in [4.78, 5) is 1.54. The number of fused-ring (bicyclic) bond motifs is 1. The number of hydrogen-bond acceptors (Lipinski definition) is 4. The maximum atomic E-state index is 13.4. The molecular formula is C19H18F3N3O2S. The molecule has 0 saturated carbocycles.